The van der Waals surface area contributed by atoms with Crippen molar-refractivity contribution in [3.05, 3.63) is 71.8 Å². The summed E-state index contributed by atoms with van der Waals surface area (Å²) < 4.78 is 0. The average Bonchev–Trinajstić information content (AvgIpc) is 3.30. The smallest absolute Gasteiger partial charge is 0.326 e. The number of nitrogens with one attached hydrogen (secondary N) is 1. The van der Waals surface area contributed by atoms with Gasteiger partial charge < -0.3 is 15.3 Å². The summed E-state index contributed by atoms with van der Waals surface area (Å²) in [6.45, 7) is 0.429. The first kappa shape index (κ1) is 23.5. The van der Waals surface area contributed by atoms with Crippen LogP contribution in [0.3, 0.4) is 0 Å². The first-order valence-electron chi connectivity index (χ1n) is 10.5. The number of hydrogen-bond donors (Lipinski definition) is 2. The Balaban J connectivity index is 1.59. The summed E-state index contributed by atoms with van der Waals surface area (Å²) >= 11 is 0.989. The molecule has 0 bridgehead atoms. The number of aliphatic carboxylic acids is 1. The molecule has 0 aliphatic carbocycles. The van der Waals surface area contributed by atoms with Gasteiger partial charge in [0.25, 0.3) is 5.91 Å². The standard InChI is InChI=1S/C24H26N2O5S/c27-21(26-14-7-12-20(26)23(29)30)13-15-32-24(31)19(16-17-8-3-1-4-9-17)25-22(28)18-10-5-2-6-11-18/h1-6,8-11,19-20H,7,12-16H2,(H,25,28)(H,29,30)/t19?,20-/m0/s1. The molecule has 32 heavy (non-hydrogen) atoms. The first-order chi connectivity index (χ1) is 15.5. The predicted octanol–water partition coefficient (Wildman–Crippen LogP) is 2.75. The summed E-state index contributed by atoms with van der Waals surface area (Å²) in [6, 6.07) is 16.6. The number of carboxylic acid groups (broad SMARTS) is 1. The van der Waals surface area contributed by atoms with Crippen molar-refractivity contribution in [1.29, 1.82) is 0 Å². The summed E-state index contributed by atoms with van der Waals surface area (Å²) in [4.78, 5) is 50.6. The van der Waals surface area contributed by atoms with Crippen LogP contribution in [0.5, 0.6) is 0 Å². The van der Waals surface area contributed by atoms with E-state index in [9.17, 15) is 24.3 Å². The minimum atomic E-state index is -0.994. The van der Waals surface area contributed by atoms with Gasteiger partial charge >= 0.3 is 5.97 Å². The molecule has 2 aromatic carbocycles. The fraction of sp³-hybridized carbons (Fsp3) is 0.333. The maximum Gasteiger partial charge on any atom is 0.326 e. The number of amides is 2. The normalized spacial score (nSPS) is 16.4. The molecule has 1 saturated heterocycles. The van der Waals surface area contributed by atoms with Crippen LogP contribution in [0, 0.1) is 0 Å². The quantitative estimate of drug-likeness (QED) is 0.604. The molecule has 2 atom stereocenters. The van der Waals surface area contributed by atoms with E-state index in [1.54, 1.807) is 24.3 Å². The van der Waals surface area contributed by atoms with E-state index in [4.69, 9.17) is 0 Å². The summed E-state index contributed by atoms with van der Waals surface area (Å²) in [5, 5.41) is 11.8. The van der Waals surface area contributed by atoms with Crippen molar-refractivity contribution in [1.82, 2.24) is 10.2 Å². The lowest BCUT2D eigenvalue weighted by molar-refractivity contribution is -0.148. The second-order valence-corrected chi connectivity index (χ2v) is 8.68. The summed E-state index contributed by atoms with van der Waals surface area (Å²) in [5.41, 5.74) is 1.38. The van der Waals surface area contributed by atoms with Crippen LogP contribution in [-0.4, -0.2) is 57.3 Å². The number of rotatable bonds is 9. The zero-order valence-corrected chi connectivity index (χ0v) is 18.4. The fourth-order valence-electron chi connectivity index (χ4n) is 3.68. The zero-order chi connectivity index (χ0) is 22.9. The van der Waals surface area contributed by atoms with Crippen molar-refractivity contribution < 1.29 is 24.3 Å². The maximum absolute atomic E-state index is 12.9. The molecule has 2 N–H and O–H groups in total. The molecular formula is C24H26N2O5S. The second-order valence-electron chi connectivity index (χ2n) is 7.58. The van der Waals surface area contributed by atoms with Gasteiger partial charge in [-0.3, -0.25) is 14.4 Å². The number of carboxylic acids is 1. The van der Waals surface area contributed by atoms with Crippen LogP contribution in [-0.2, 0) is 20.8 Å². The minimum Gasteiger partial charge on any atom is -0.480 e. The van der Waals surface area contributed by atoms with Crippen LogP contribution in [0.25, 0.3) is 0 Å². The van der Waals surface area contributed by atoms with Crippen molar-refractivity contribution in [2.75, 3.05) is 12.3 Å². The van der Waals surface area contributed by atoms with Gasteiger partial charge in [0.2, 0.25) is 11.0 Å². The molecule has 1 fully saturated rings. The molecule has 1 unspecified atom stereocenters. The molecule has 7 nitrogen and oxygen atoms in total. The number of benzene rings is 2. The van der Waals surface area contributed by atoms with E-state index in [2.05, 4.69) is 5.32 Å². The molecule has 0 aromatic heterocycles. The molecule has 1 aliphatic heterocycles. The highest BCUT2D eigenvalue weighted by Gasteiger charge is 2.33. The van der Waals surface area contributed by atoms with Gasteiger partial charge in [0.1, 0.15) is 12.1 Å². The van der Waals surface area contributed by atoms with E-state index in [0.717, 1.165) is 17.3 Å². The lowest BCUT2D eigenvalue weighted by Gasteiger charge is -2.21. The van der Waals surface area contributed by atoms with Crippen LogP contribution in [0.4, 0.5) is 0 Å². The SMILES string of the molecule is O=C(NC(Cc1ccccc1)C(=O)SCCC(=O)N1CCC[C@H]1C(=O)O)c1ccccc1. The number of nitrogens with zero attached hydrogens (tertiary/aromatic N) is 1. The Morgan fingerprint density at radius 3 is 2.34 bits per heavy atom. The zero-order valence-electron chi connectivity index (χ0n) is 17.6. The fourth-order valence-corrected chi connectivity index (χ4v) is 4.50. The Bertz CT molecular complexity index is 951. The molecule has 1 heterocycles. The van der Waals surface area contributed by atoms with Crippen LogP contribution in [0.15, 0.2) is 60.7 Å². The number of carbonyl (C=O) groups excluding carboxylic acids is 3. The van der Waals surface area contributed by atoms with E-state index in [0.29, 0.717) is 31.4 Å². The lowest BCUT2D eigenvalue weighted by atomic mass is 10.1. The largest absolute Gasteiger partial charge is 0.480 e. The Hall–Kier alpha value is -3.13. The number of hydrogen-bond acceptors (Lipinski definition) is 5. The van der Waals surface area contributed by atoms with Crippen molar-refractivity contribution >= 4 is 34.7 Å². The molecule has 8 heteroatoms. The molecular weight excluding hydrogens is 428 g/mol. The maximum atomic E-state index is 12.9. The third-order valence-corrected chi connectivity index (χ3v) is 6.30. The van der Waals surface area contributed by atoms with Crippen LogP contribution in [0.2, 0.25) is 0 Å². The second kappa shape index (κ2) is 11.5. The first-order valence-corrected chi connectivity index (χ1v) is 11.5. The Morgan fingerprint density at radius 1 is 1.03 bits per heavy atom. The predicted molar refractivity (Wildman–Crippen MR) is 122 cm³/mol. The van der Waals surface area contributed by atoms with Crippen molar-refractivity contribution in [2.45, 2.75) is 37.8 Å². The Morgan fingerprint density at radius 2 is 1.69 bits per heavy atom. The number of carbonyl (C=O) groups is 4. The highest BCUT2D eigenvalue weighted by atomic mass is 32.2. The highest BCUT2D eigenvalue weighted by molar-refractivity contribution is 8.13. The van der Waals surface area contributed by atoms with Crippen molar-refractivity contribution in [3.63, 3.8) is 0 Å². The van der Waals surface area contributed by atoms with Crippen molar-refractivity contribution in [3.8, 4) is 0 Å². The van der Waals surface area contributed by atoms with Gasteiger partial charge in [-0.2, -0.15) is 0 Å². The topological polar surface area (TPSA) is 104 Å². The molecule has 0 spiro atoms. The molecule has 2 aromatic rings. The molecule has 0 radical (unpaired) electrons. The number of likely N-dealkylation sites (tertiary alicyclic amines) is 1. The monoisotopic (exact) mass is 454 g/mol. The van der Waals surface area contributed by atoms with Crippen molar-refractivity contribution in [2.24, 2.45) is 0 Å². The average molecular weight is 455 g/mol. The summed E-state index contributed by atoms with van der Waals surface area (Å²) in [6.07, 6.45) is 1.54. The molecule has 1 aliphatic rings. The summed E-state index contributed by atoms with van der Waals surface area (Å²) in [5.74, 6) is -1.36. The van der Waals surface area contributed by atoms with Crippen LogP contribution >= 0.6 is 11.8 Å². The van der Waals surface area contributed by atoms with Gasteiger partial charge in [0.15, 0.2) is 0 Å². The van der Waals surface area contributed by atoms with Gasteiger partial charge in [-0.1, -0.05) is 60.3 Å². The molecule has 3 rings (SSSR count). The van der Waals surface area contributed by atoms with E-state index in [-0.39, 0.29) is 29.1 Å². The highest BCUT2D eigenvalue weighted by Crippen LogP contribution is 2.20. The third kappa shape index (κ3) is 6.43. The Kier molecular flexibility index (Phi) is 8.44. The van der Waals surface area contributed by atoms with Gasteiger partial charge in [-0.05, 0) is 30.5 Å². The van der Waals surface area contributed by atoms with Gasteiger partial charge in [0.05, 0.1) is 0 Å². The minimum absolute atomic E-state index is 0.0743. The van der Waals surface area contributed by atoms with Gasteiger partial charge in [0, 0.05) is 30.7 Å². The van der Waals surface area contributed by atoms with Gasteiger partial charge in [-0.25, -0.2) is 4.79 Å². The van der Waals surface area contributed by atoms with E-state index in [1.165, 1.54) is 4.90 Å². The molecule has 168 valence electrons. The molecule has 2 amide bonds. The number of thioether (sulfide) groups is 1. The third-order valence-electron chi connectivity index (χ3n) is 5.33. The lowest BCUT2D eigenvalue weighted by Crippen LogP contribution is -2.42. The van der Waals surface area contributed by atoms with Crippen LogP contribution in [0.1, 0.15) is 35.2 Å². The molecule has 0 saturated carbocycles. The van der Waals surface area contributed by atoms with Gasteiger partial charge in [-0.15, -0.1) is 0 Å². The van der Waals surface area contributed by atoms with Crippen LogP contribution < -0.4 is 5.32 Å². The Labute approximate surface area is 191 Å². The van der Waals surface area contributed by atoms with E-state index < -0.39 is 18.1 Å². The van der Waals surface area contributed by atoms with E-state index in [1.807, 2.05) is 36.4 Å². The summed E-state index contributed by atoms with van der Waals surface area (Å²) in [7, 11) is 0. The van der Waals surface area contributed by atoms with E-state index >= 15 is 0 Å².